The molecule has 0 heterocycles. The third-order valence-electron chi connectivity index (χ3n) is 8.04. The Labute approximate surface area is 176 Å². The molecule has 0 amide bonds. The molecule has 4 atom stereocenters. The molecule has 0 radical (unpaired) electrons. The normalized spacial score (nSPS) is 33.2. The highest BCUT2D eigenvalue weighted by Crippen LogP contribution is 2.76. The van der Waals surface area contributed by atoms with Gasteiger partial charge < -0.3 is 0 Å². The van der Waals surface area contributed by atoms with Crippen molar-refractivity contribution in [1.29, 1.82) is 0 Å². The van der Waals surface area contributed by atoms with Crippen LogP contribution in [0, 0.1) is 22.7 Å². The van der Waals surface area contributed by atoms with Crippen LogP contribution in [0.1, 0.15) is 61.5 Å². The molecule has 144 valence electrons. The van der Waals surface area contributed by atoms with Crippen LogP contribution in [0.15, 0.2) is 48.5 Å². The monoisotopic (exact) mass is 410 g/mol. The molecule has 4 aliphatic rings. The lowest BCUT2D eigenvalue weighted by molar-refractivity contribution is -0.131. The molecule has 4 aliphatic carbocycles. The van der Waals surface area contributed by atoms with Crippen molar-refractivity contribution in [3.8, 4) is 0 Å². The summed E-state index contributed by atoms with van der Waals surface area (Å²) in [5.41, 5.74) is 2.60. The zero-order chi connectivity index (χ0) is 19.1. The van der Waals surface area contributed by atoms with Crippen molar-refractivity contribution in [2.45, 2.75) is 50.4 Å². The van der Waals surface area contributed by atoms with E-state index in [0.717, 1.165) is 48.6 Å². The Morgan fingerprint density at radius 2 is 1.18 bits per heavy atom. The van der Waals surface area contributed by atoms with Crippen LogP contribution in [-0.4, -0.2) is 5.78 Å². The molecule has 0 aliphatic heterocycles. The first kappa shape index (κ1) is 17.5. The second-order valence-corrected chi connectivity index (χ2v) is 10.5. The number of halogens is 2. The van der Waals surface area contributed by atoms with Crippen molar-refractivity contribution < 1.29 is 4.79 Å². The van der Waals surface area contributed by atoms with Crippen LogP contribution < -0.4 is 0 Å². The topological polar surface area (TPSA) is 17.1 Å². The first-order valence-corrected chi connectivity index (χ1v) is 11.3. The summed E-state index contributed by atoms with van der Waals surface area (Å²) in [4.78, 5) is 13.8. The minimum absolute atomic E-state index is 0.0229. The van der Waals surface area contributed by atoms with Crippen molar-refractivity contribution in [1.82, 2.24) is 0 Å². The Bertz CT molecular complexity index is 895. The van der Waals surface area contributed by atoms with Crippen LogP contribution in [0.4, 0.5) is 0 Å². The van der Waals surface area contributed by atoms with Gasteiger partial charge in [-0.15, -0.1) is 0 Å². The fraction of sp³-hybridized carbons (Fsp3) is 0.480. The highest BCUT2D eigenvalue weighted by Gasteiger charge is 2.73. The van der Waals surface area contributed by atoms with E-state index in [9.17, 15) is 4.79 Å². The Morgan fingerprint density at radius 1 is 0.750 bits per heavy atom. The number of benzene rings is 2. The molecule has 2 aromatic rings. The van der Waals surface area contributed by atoms with Gasteiger partial charge in [0.1, 0.15) is 5.78 Å². The summed E-state index contributed by atoms with van der Waals surface area (Å²) in [5.74, 6) is 2.76. The van der Waals surface area contributed by atoms with Gasteiger partial charge in [-0.25, -0.2) is 0 Å². The molecule has 4 saturated carbocycles. The number of Topliss-reactive ketones (excluding diaryl/α,β-unsaturated/α-hetero) is 1. The van der Waals surface area contributed by atoms with E-state index in [2.05, 4.69) is 24.3 Å². The fourth-order valence-electron chi connectivity index (χ4n) is 6.12. The molecule has 6 rings (SSSR count). The van der Waals surface area contributed by atoms with Gasteiger partial charge in [0.05, 0.1) is 0 Å². The van der Waals surface area contributed by atoms with E-state index in [1.807, 2.05) is 24.3 Å². The maximum Gasteiger partial charge on any atom is 0.145 e. The molecule has 1 nitrogen and oxygen atoms in total. The van der Waals surface area contributed by atoms with Crippen molar-refractivity contribution in [3.05, 3.63) is 69.7 Å². The lowest BCUT2D eigenvalue weighted by atomic mass is 9.79. The molecular formula is C25H24Cl2O. The lowest BCUT2D eigenvalue weighted by Crippen LogP contribution is -2.30. The van der Waals surface area contributed by atoms with Crippen molar-refractivity contribution in [2.24, 2.45) is 22.7 Å². The zero-order valence-corrected chi connectivity index (χ0v) is 17.3. The van der Waals surface area contributed by atoms with Gasteiger partial charge in [-0.05, 0) is 97.6 Å². The van der Waals surface area contributed by atoms with Crippen molar-refractivity contribution in [2.75, 3.05) is 0 Å². The second-order valence-electron chi connectivity index (χ2n) is 9.65. The maximum absolute atomic E-state index is 13.8. The van der Waals surface area contributed by atoms with E-state index in [1.165, 1.54) is 11.1 Å². The predicted octanol–water partition coefficient (Wildman–Crippen LogP) is 7.03. The van der Waals surface area contributed by atoms with Gasteiger partial charge in [0.25, 0.3) is 0 Å². The predicted molar refractivity (Wildman–Crippen MR) is 113 cm³/mol. The van der Waals surface area contributed by atoms with Crippen LogP contribution in [0.3, 0.4) is 0 Å². The molecule has 28 heavy (non-hydrogen) atoms. The molecule has 4 fully saturated rings. The quantitative estimate of drug-likeness (QED) is 0.499. The SMILES string of the molecule is O=C(C1([C@@H]2C[C@H]2c2cccc(Cl)c2)CC1)C1([C@@H]2C[C@H]2c2cccc(Cl)c2)CC1. The summed E-state index contributed by atoms with van der Waals surface area (Å²) in [6, 6.07) is 16.5. The van der Waals surface area contributed by atoms with Crippen LogP contribution in [-0.2, 0) is 4.79 Å². The van der Waals surface area contributed by atoms with E-state index in [-0.39, 0.29) is 10.8 Å². The van der Waals surface area contributed by atoms with E-state index in [0.29, 0.717) is 29.5 Å². The molecule has 3 heteroatoms. The van der Waals surface area contributed by atoms with Gasteiger partial charge in [-0.1, -0.05) is 47.5 Å². The minimum atomic E-state index is -0.0229. The van der Waals surface area contributed by atoms with E-state index < -0.39 is 0 Å². The number of rotatable bonds is 6. The van der Waals surface area contributed by atoms with Crippen LogP contribution >= 0.6 is 23.2 Å². The van der Waals surface area contributed by atoms with Gasteiger partial charge in [0, 0.05) is 20.9 Å². The molecule has 0 spiro atoms. The molecule has 0 unspecified atom stereocenters. The van der Waals surface area contributed by atoms with Gasteiger partial charge in [0.2, 0.25) is 0 Å². The van der Waals surface area contributed by atoms with Gasteiger partial charge in [-0.3, -0.25) is 4.79 Å². The third kappa shape index (κ3) is 2.62. The van der Waals surface area contributed by atoms with E-state index >= 15 is 0 Å². The second kappa shape index (κ2) is 5.86. The summed E-state index contributed by atoms with van der Waals surface area (Å²) < 4.78 is 0. The number of carbonyl (C=O) groups excluding carboxylic acids is 1. The Kier molecular flexibility index (Phi) is 3.67. The van der Waals surface area contributed by atoms with Gasteiger partial charge >= 0.3 is 0 Å². The highest BCUT2D eigenvalue weighted by molar-refractivity contribution is 6.30. The number of hydrogen-bond acceptors (Lipinski definition) is 1. The molecule has 0 aromatic heterocycles. The standard InChI is InChI=1S/C25H24Cl2O/c26-17-5-1-3-15(11-17)19-13-21(19)24(7-8-24)23(28)25(9-10-25)22-14-20(22)16-4-2-6-18(27)12-16/h1-6,11-12,19-22H,7-10,13-14H2/t19-,20-,21+,22+/m0/s1. The molecule has 0 bridgehead atoms. The van der Waals surface area contributed by atoms with Crippen LogP contribution in [0.25, 0.3) is 0 Å². The summed E-state index contributed by atoms with van der Waals surface area (Å²) in [6.45, 7) is 0. The summed E-state index contributed by atoms with van der Waals surface area (Å²) in [5, 5.41) is 1.61. The summed E-state index contributed by atoms with van der Waals surface area (Å²) in [7, 11) is 0. The van der Waals surface area contributed by atoms with E-state index in [4.69, 9.17) is 23.2 Å². The van der Waals surface area contributed by atoms with Gasteiger partial charge in [0.15, 0.2) is 0 Å². The molecule has 0 saturated heterocycles. The van der Waals surface area contributed by atoms with Crippen molar-refractivity contribution >= 4 is 29.0 Å². The van der Waals surface area contributed by atoms with Crippen LogP contribution in [0.5, 0.6) is 0 Å². The Hall–Kier alpha value is -1.31. The average molecular weight is 411 g/mol. The number of carbonyl (C=O) groups is 1. The first-order valence-electron chi connectivity index (χ1n) is 10.6. The maximum atomic E-state index is 13.8. The Morgan fingerprint density at radius 3 is 1.54 bits per heavy atom. The Balaban J connectivity index is 1.21. The molecular weight excluding hydrogens is 387 g/mol. The minimum Gasteiger partial charge on any atom is -0.298 e. The number of hydrogen-bond donors (Lipinski definition) is 0. The van der Waals surface area contributed by atoms with Gasteiger partial charge in [-0.2, -0.15) is 0 Å². The first-order chi connectivity index (χ1) is 13.5. The third-order valence-corrected chi connectivity index (χ3v) is 8.51. The van der Waals surface area contributed by atoms with Crippen molar-refractivity contribution in [3.63, 3.8) is 0 Å². The lowest BCUT2D eigenvalue weighted by Gasteiger charge is -2.22. The number of ketones is 1. The van der Waals surface area contributed by atoms with E-state index in [1.54, 1.807) is 0 Å². The molecule has 0 N–H and O–H groups in total. The largest absolute Gasteiger partial charge is 0.298 e. The smallest absolute Gasteiger partial charge is 0.145 e. The highest BCUT2D eigenvalue weighted by atomic mass is 35.5. The summed E-state index contributed by atoms with van der Waals surface area (Å²) in [6.07, 6.45) is 6.72. The molecule has 2 aromatic carbocycles. The summed E-state index contributed by atoms with van der Waals surface area (Å²) >= 11 is 12.4. The van der Waals surface area contributed by atoms with Crippen LogP contribution in [0.2, 0.25) is 10.0 Å². The zero-order valence-electron chi connectivity index (χ0n) is 15.8. The fourth-order valence-corrected chi connectivity index (χ4v) is 6.52. The average Bonchev–Trinajstić information content (AvgIpc) is 3.54.